The molecule has 0 aliphatic carbocycles. The van der Waals surface area contributed by atoms with Gasteiger partial charge in [0.2, 0.25) is 0 Å². The van der Waals surface area contributed by atoms with Crippen molar-refractivity contribution in [3.05, 3.63) is 71.2 Å². The predicted octanol–water partition coefficient (Wildman–Crippen LogP) is 4.20. The number of pyridine rings is 2. The first-order valence-corrected chi connectivity index (χ1v) is 11.3. The fourth-order valence-corrected chi connectivity index (χ4v) is 4.21. The zero-order valence-corrected chi connectivity index (χ0v) is 19.2. The summed E-state index contributed by atoms with van der Waals surface area (Å²) in [5.41, 5.74) is 5.50. The molecule has 1 aliphatic rings. The first-order valence-electron chi connectivity index (χ1n) is 11.3. The number of rotatable bonds is 8. The average molecular weight is 433 g/mol. The molecule has 0 spiro atoms. The lowest BCUT2D eigenvalue weighted by molar-refractivity contribution is 0.197. The molecule has 1 atom stereocenters. The van der Waals surface area contributed by atoms with E-state index >= 15 is 0 Å². The van der Waals surface area contributed by atoms with Crippen LogP contribution in [0, 0.1) is 13.8 Å². The number of aromatic nitrogens is 4. The van der Waals surface area contributed by atoms with Gasteiger partial charge >= 0.3 is 0 Å². The standard InChI is InChI=1S/C25H32N6O/c1-18-6-4-9-26-25(18)30-22-12-19(2)29-23(13-22)21-7-5-10-31(17-21)16-20-14-27-24(28-15-20)8-11-32-3/h4,6,9,12-15,21H,5,7-8,10-11,16-17H2,1-3H3,(H,26,29,30)/t21-/m1/s1. The topological polar surface area (TPSA) is 76.1 Å². The molecule has 0 bridgehead atoms. The number of ether oxygens (including phenoxy) is 1. The van der Waals surface area contributed by atoms with E-state index in [2.05, 4.69) is 57.2 Å². The van der Waals surface area contributed by atoms with E-state index in [0.717, 1.165) is 78.7 Å². The van der Waals surface area contributed by atoms with E-state index in [1.807, 2.05) is 24.7 Å². The van der Waals surface area contributed by atoms with Crippen LogP contribution < -0.4 is 5.32 Å². The third kappa shape index (κ3) is 5.87. The summed E-state index contributed by atoms with van der Waals surface area (Å²) in [7, 11) is 1.70. The molecule has 7 nitrogen and oxygen atoms in total. The summed E-state index contributed by atoms with van der Waals surface area (Å²) < 4.78 is 5.10. The molecular formula is C25H32N6O. The molecule has 1 aliphatic heterocycles. The van der Waals surface area contributed by atoms with Crippen LogP contribution in [0.5, 0.6) is 0 Å². The molecule has 0 radical (unpaired) electrons. The maximum atomic E-state index is 5.10. The number of hydrogen-bond acceptors (Lipinski definition) is 7. The lowest BCUT2D eigenvalue weighted by Crippen LogP contribution is -2.34. The first-order chi connectivity index (χ1) is 15.6. The van der Waals surface area contributed by atoms with Gasteiger partial charge in [-0.1, -0.05) is 6.07 Å². The molecule has 0 unspecified atom stereocenters. The third-order valence-corrected chi connectivity index (χ3v) is 5.86. The molecule has 3 aromatic rings. The maximum absolute atomic E-state index is 5.10. The van der Waals surface area contributed by atoms with Crippen molar-refractivity contribution in [2.24, 2.45) is 0 Å². The van der Waals surface area contributed by atoms with Crippen molar-refractivity contribution in [3.8, 4) is 0 Å². The van der Waals surface area contributed by atoms with Crippen LogP contribution >= 0.6 is 0 Å². The normalized spacial score (nSPS) is 16.8. The van der Waals surface area contributed by atoms with Crippen LogP contribution in [0.1, 0.15) is 47.1 Å². The van der Waals surface area contributed by atoms with E-state index in [0.29, 0.717) is 12.5 Å². The monoisotopic (exact) mass is 432 g/mol. The first kappa shape index (κ1) is 22.3. The van der Waals surface area contributed by atoms with E-state index in [-0.39, 0.29) is 0 Å². The van der Waals surface area contributed by atoms with Gasteiger partial charge in [0, 0.05) is 73.8 Å². The van der Waals surface area contributed by atoms with Crippen molar-refractivity contribution < 1.29 is 4.74 Å². The Morgan fingerprint density at radius 1 is 1.16 bits per heavy atom. The molecule has 3 aromatic heterocycles. The van der Waals surface area contributed by atoms with Crippen molar-refractivity contribution >= 4 is 11.5 Å². The molecule has 1 N–H and O–H groups in total. The van der Waals surface area contributed by atoms with Crippen LogP contribution in [-0.4, -0.2) is 51.6 Å². The molecular weight excluding hydrogens is 400 g/mol. The number of nitrogens with one attached hydrogen (secondary N) is 1. The number of aryl methyl sites for hydroxylation is 2. The Balaban J connectivity index is 1.42. The molecule has 0 aromatic carbocycles. The summed E-state index contributed by atoms with van der Waals surface area (Å²) in [6.07, 6.45) is 8.78. The number of hydrogen-bond donors (Lipinski definition) is 1. The smallest absolute Gasteiger partial charge is 0.133 e. The molecule has 4 rings (SSSR count). The second kappa shape index (κ2) is 10.6. The highest BCUT2D eigenvalue weighted by Crippen LogP contribution is 2.29. The predicted molar refractivity (Wildman–Crippen MR) is 126 cm³/mol. The van der Waals surface area contributed by atoms with E-state index in [1.165, 1.54) is 0 Å². The number of methoxy groups -OCH3 is 1. The molecule has 1 fully saturated rings. The highest BCUT2D eigenvalue weighted by molar-refractivity contribution is 5.59. The van der Waals surface area contributed by atoms with Gasteiger partial charge in [-0.05, 0) is 57.0 Å². The van der Waals surface area contributed by atoms with Gasteiger partial charge in [-0.2, -0.15) is 0 Å². The Hall–Kier alpha value is -2.90. The number of anilines is 2. The van der Waals surface area contributed by atoms with Crippen molar-refractivity contribution in [3.63, 3.8) is 0 Å². The molecule has 168 valence electrons. The average Bonchev–Trinajstić information content (AvgIpc) is 2.80. The number of nitrogens with zero attached hydrogens (tertiary/aromatic N) is 5. The van der Waals surface area contributed by atoms with E-state index < -0.39 is 0 Å². The van der Waals surface area contributed by atoms with Gasteiger partial charge in [0.25, 0.3) is 0 Å². The van der Waals surface area contributed by atoms with Crippen molar-refractivity contribution in [1.29, 1.82) is 0 Å². The van der Waals surface area contributed by atoms with Gasteiger partial charge in [0.1, 0.15) is 11.6 Å². The minimum atomic E-state index is 0.413. The summed E-state index contributed by atoms with van der Waals surface area (Å²) in [6.45, 7) is 7.72. The third-order valence-electron chi connectivity index (χ3n) is 5.86. The summed E-state index contributed by atoms with van der Waals surface area (Å²) in [4.78, 5) is 20.8. The Kier molecular flexibility index (Phi) is 7.39. The summed E-state index contributed by atoms with van der Waals surface area (Å²) in [5.74, 6) is 2.14. The Labute approximate surface area is 190 Å². The fraction of sp³-hybridized carbons (Fsp3) is 0.440. The van der Waals surface area contributed by atoms with Crippen molar-refractivity contribution in [1.82, 2.24) is 24.8 Å². The van der Waals surface area contributed by atoms with E-state index in [4.69, 9.17) is 9.72 Å². The molecule has 7 heteroatoms. The lowest BCUT2D eigenvalue weighted by atomic mass is 9.93. The summed E-state index contributed by atoms with van der Waals surface area (Å²) in [5, 5.41) is 3.47. The van der Waals surface area contributed by atoms with Crippen LogP contribution in [0.15, 0.2) is 42.9 Å². The van der Waals surface area contributed by atoms with Gasteiger partial charge in [0.15, 0.2) is 0 Å². The second-order valence-electron chi connectivity index (χ2n) is 8.54. The SMILES string of the molecule is COCCc1ncc(CN2CCC[C@@H](c3cc(Nc4ncccc4C)cc(C)n3)C2)cn1. The van der Waals surface area contributed by atoms with Gasteiger partial charge in [-0.25, -0.2) is 15.0 Å². The maximum Gasteiger partial charge on any atom is 0.133 e. The minimum Gasteiger partial charge on any atom is -0.384 e. The van der Waals surface area contributed by atoms with Gasteiger partial charge in [-0.3, -0.25) is 9.88 Å². The largest absolute Gasteiger partial charge is 0.384 e. The second-order valence-corrected chi connectivity index (χ2v) is 8.54. The Morgan fingerprint density at radius 3 is 2.78 bits per heavy atom. The summed E-state index contributed by atoms with van der Waals surface area (Å²) >= 11 is 0. The van der Waals surface area contributed by atoms with E-state index in [9.17, 15) is 0 Å². The van der Waals surface area contributed by atoms with Crippen LogP contribution in [0.3, 0.4) is 0 Å². The van der Waals surface area contributed by atoms with Gasteiger partial charge < -0.3 is 10.1 Å². The van der Waals surface area contributed by atoms with Crippen LogP contribution in [0.4, 0.5) is 11.5 Å². The van der Waals surface area contributed by atoms with Crippen molar-refractivity contribution in [2.75, 3.05) is 32.1 Å². The number of likely N-dealkylation sites (tertiary alicyclic amines) is 1. The van der Waals surface area contributed by atoms with Crippen LogP contribution in [0.25, 0.3) is 0 Å². The highest BCUT2D eigenvalue weighted by Gasteiger charge is 2.23. The zero-order valence-electron chi connectivity index (χ0n) is 19.2. The van der Waals surface area contributed by atoms with Gasteiger partial charge in [0.05, 0.1) is 6.61 Å². The molecule has 0 amide bonds. The van der Waals surface area contributed by atoms with Crippen LogP contribution in [-0.2, 0) is 17.7 Å². The minimum absolute atomic E-state index is 0.413. The quantitative estimate of drug-likeness (QED) is 0.572. The lowest BCUT2D eigenvalue weighted by Gasteiger charge is -2.32. The zero-order chi connectivity index (χ0) is 22.3. The Morgan fingerprint density at radius 2 is 2.00 bits per heavy atom. The highest BCUT2D eigenvalue weighted by atomic mass is 16.5. The van der Waals surface area contributed by atoms with Crippen molar-refractivity contribution in [2.45, 2.75) is 45.6 Å². The Bertz CT molecular complexity index is 1020. The van der Waals surface area contributed by atoms with Crippen LogP contribution in [0.2, 0.25) is 0 Å². The fourth-order valence-electron chi connectivity index (χ4n) is 4.21. The van der Waals surface area contributed by atoms with Gasteiger partial charge in [-0.15, -0.1) is 0 Å². The molecule has 0 saturated carbocycles. The molecule has 4 heterocycles. The summed E-state index contributed by atoms with van der Waals surface area (Å²) in [6, 6.07) is 8.29. The van der Waals surface area contributed by atoms with E-state index in [1.54, 1.807) is 7.11 Å². The molecule has 1 saturated heterocycles. The molecule has 32 heavy (non-hydrogen) atoms. The number of piperidine rings is 1.